The number of aliphatic hydroxyl groups is 1. The van der Waals surface area contributed by atoms with Gasteiger partial charge in [0, 0.05) is 35.0 Å². The van der Waals surface area contributed by atoms with Crippen LogP contribution in [0.2, 0.25) is 0 Å². The van der Waals surface area contributed by atoms with Crippen molar-refractivity contribution in [2.24, 2.45) is 17.6 Å². The summed E-state index contributed by atoms with van der Waals surface area (Å²) in [7, 11) is 0. The van der Waals surface area contributed by atoms with Crippen molar-refractivity contribution in [3.63, 3.8) is 0 Å². The maximum atomic E-state index is 15.2. The van der Waals surface area contributed by atoms with Crippen molar-refractivity contribution in [2.45, 2.75) is 77.2 Å². The van der Waals surface area contributed by atoms with Gasteiger partial charge in [-0.15, -0.1) is 0 Å². The molecule has 236 valence electrons. The predicted molar refractivity (Wildman–Crippen MR) is 161 cm³/mol. The molecule has 2 amide bonds. The van der Waals surface area contributed by atoms with E-state index in [2.05, 4.69) is 10.6 Å². The van der Waals surface area contributed by atoms with Crippen LogP contribution in [0.5, 0.6) is 0 Å². The number of nitrogens with one attached hydrogen (secondary N) is 2. The van der Waals surface area contributed by atoms with Gasteiger partial charge in [0.2, 0.25) is 11.8 Å². The molecule has 0 saturated heterocycles. The topological polar surface area (TPSA) is 166 Å². The number of hydrogen-bond donors (Lipinski definition) is 4. The summed E-state index contributed by atoms with van der Waals surface area (Å²) in [5.74, 6) is -1.21. The molecule has 12 heteroatoms. The van der Waals surface area contributed by atoms with Crippen LogP contribution >= 0.6 is 0 Å². The van der Waals surface area contributed by atoms with E-state index in [9.17, 15) is 24.3 Å². The summed E-state index contributed by atoms with van der Waals surface area (Å²) >= 11 is 0. The minimum absolute atomic E-state index is 0.0251. The van der Waals surface area contributed by atoms with E-state index in [0.717, 1.165) is 41.3 Å². The Balaban J connectivity index is 1.26. The first kappa shape index (κ1) is 29.5. The molecular weight excluding hydrogens is 581 g/mol. The zero-order valence-corrected chi connectivity index (χ0v) is 25.3. The van der Waals surface area contributed by atoms with Crippen molar-refractivity contribution in [1.29, 1.82) is 0 Å². The largest absolute Gasteiger partial charge is 0.458 e. The fraction of sp³-hybridized carbons (Fsp3) is 0.485. The van der Waals surface area contributed by atoms with Crippen LogP contribution in [0.15, 0.2) is 16.9 Å². The number of amides is 2. The van der Waals surface area contributed by atoms with Crippen molar-refractivity contribution in [1.82, 2.24) is 20.2 Å². The summed E-state index contributed by atoms with van der Waals surface area (Å²) in [5.41, 5.74) is 7.81. The Labute approximate surface area is 258 Å². The SMILES string of the molecule is CC[C@@]1(O)C(=O)OCc2c1cc1n(c2=O)Cc2c-1nc1cc(F)c(C)c3c1c2[C@@H](NC(=O)C1CC(CCNC(=O)CN)C1)CC3. The summed E-state index contributed by atoms with van der Waals surface area (Å²) in [5, 5.41) is 18.1. The van der Waals surface area contributed by atoms with Crippen LogP contribution in [-0.2, 0) is 44.3 Å². The third-order valence-corrected chi connectivity index (χ3v) is 10.4. The number of aromatic nitrogens is 2. The van der Waals surface area contributed by atoms with Crippen molar-refractivity contribution < 1.29 is 28.6 Å². The van der Waals surface area contributed by atoms with Gasteiger partial charge in [-0.05, 0) is 74.1 Å². The fourth-order valence-electron chi connectivity index (χ4n) is 7.66. The molecule has 1 saturated carbocycles. The normalized spacial score (nSPS) is 24.3. The van der Waals surface area contributed by atoms with Gasteiger partial charge < -0.3 is 30.8 Å². The minimum atomic E-state index is -1.96. The molecule has 11 nitrogen and oxygen atoms in total. The molecule has 1 aromatic carbocycles. The van der Waals surface area contributed by atoms with Gasteiger partial charge >= 0.3 is 5.97 Å². The molecule has 0 spiro atoms. The molecule has 0 unspecified atom stereocenters. The number of ether oxygens (including phenoxy) is 1. The second-order valence-electron chi connectivity index (χ2n) is 12.8. The Morgan fingerprint density at radius 1 is 1.22 bits per heavy atom. The quantitative estimate of drug-likeness (QED) is 0.229. The number of fused-ring (bicyclic) bond motifs is 5. The van der Waals surface area contributed by atoms with E-state index >= 15 is 4.39 Å². The van der Waals surface area contributed by atoms with Crippen LogP contribution in [0.3, 0.4) is 0 Å². The fourth-order valence-corrected chi connectivity index (χ4v) is 7.66. The molecule has 7 rings (SSSR count). The highest BCUT2D eigenvalue weighted by Gasteiger charge is 2.46. The lowest BCUT2D eigenvalue weighted by Crippen LogP contribution is -2.44. The van der Waals surface area contributed by atoms with Crippen LogP contribution in [0, 0.1) is 24.6 Å². The standard InChI is InChI=1S/C33H36FN5O6/c1-3-33(44)21-10-25-29-19(13-39(25)31(42)20(21)14-45-32(33)43)28-23(5-4-18-15(2)22(34)11-24(37-29)27(18)28)38-30(41)17-8-16(9-17)6-7-36-26(40)12-35/h10-11,16-17,23,44H,3-9,12-14,35H2,1-2H3,(H,36,40)(H,38,41)/t16?,17?,23-,33-/m0/s1. The first-order valence-electron chi connectivity index (χ1n) is 15.6. The number of carbonyl (C=O) groups is 3. The van der Waals surface area contributed by atoms with Gasteiger partial charge in [0.15, 0.2) is 5.60 Å². The van der Waals surface area contributed by atoms with Gasteiger partial charge in [0.05, 0.1) is 41.6 Å². The summed E-state index contributed by atoms with van der Waals surface area (Å²) < 4.78 is 21.9. The minimum Gasteiger partial charge on any atom is -0.458 e. The van der Waals surface area contributed by atoms with Gasteiger partial charge in [-0.1, -0.05) is 6.92 Å². The van der Waals surface area contributed by atoms with Gasteiger partial charge in [-0.2, -0.15) is 0 Å². The van der Waals surface area contributed by atoms with Crippen LogP contribution in [0.25, 0.3) is 22.3 Å². The number of aryl methyl sites for hydroxylation is 1. The number of pyridine rings is 2. The van der Waals surface area contributed by atoms with Crippen molar-refractivity contribution >= 4 is 28.7 Å². The van der Waals surface area contributed by atoms with E-state index in [0.29, 0.717) is 47.8 Å². The highest BCUT2D eigenvalue weighted by Crippen LogP contribution is 2.46. The molecule has 2 aliphatic heterocycles. The van der Waals surface area contributed by atoms with Crippen LogP contribution in [0.4, 0.5) is 4.39 Å². The maximum absolute atomic E-state index is 15.2. The Bertz CT molecular complexity index is 1860. The van der Waals surface area contributed by atoms with Gasteiger partial charge in [-0.25, -0.2) is 14.2 Å². The zero-order chi connectivity index (χ0) is 31.8. The molecular formula is C33H36FN5O6. The van der Waals surface area contributed by atoms with Crippen LogP contribution in [0.1, 0.15) is 78.5 Å². The summed E-state index contributed by atoms with van der Waals surface area (Å²) in [4.78, 5) is 56.2. The molecule has 2 atom stereocenters. The number of hydrogen-bond acceptors (Lipinski definition) is 8. The summed E-state index contributed by atoms with van der Waals surface area (Å²) in [6.07, 6.45) is 3.41. The van der Waals surface area contributed by atoms with E-state index in [1.165, 1.54) is 6.07 Å². The first-order chi connectivity index (χ1) is 21.5. The number of carbonyl (C=O) groups excluding carboxylic acids is 3. The number of halogens is 1. The van der Waals surface area contributed by atoms with Crippen molar-refractivity contribution in [3.8, 4) is 11.4 Å². The van der Waals surface area contributed by atoms with E-state index in [1.54, 1.807) is 24.5 Å². The Hall–Kier alpha value is -4.16. The highest BCUT2D eigenvalue weighted by atomic mass is 19.1. The average molecular weight is 618 g/mol. The van der Waals surface area contributed by atoms with Gasteiger partial charge in [-0.3, -0.25) is 14.4 Å². The van der Waals surface area contributed by atoms with Crippen molar-refractivity contribution in [3.05, 3.63) is 61.7 Å². The van der Waals surface area contributed by atoms with E-state index in [4.69, 9.17) is 15.5 Å². The molecule has 0 bridgehead atoms. The molecule has 1 fully saturated rings. The first-order valence-corrected chi connectivity index (χ1v) is 15.6. The van der Waals surface area contributed by atoms with Crippen LogP contribution < -0.4 is 21.9 Å². The summed E-state index contributed by atoms with van der Waals surface area (Å²) in [6.45, 7) is 3.84. The number of nitrogens with zero attached hydrogens (tertiary/aromatic N) is 2. The molecule has 4 heterocycles. The zero-order valence-electron chi connectivity index (χ0n) is 25.3. The smallest absolute Gasteiger partial charge is 0.343 e. The Kier molecular flexibility index (Phi) is 7.05. The number of esters is 1. The number of nitrogens with two attached hydrogens (primary N) is 1. The number of benzene rings is 1. The lowest BCUT2D eigenvalue weighted by atomic mass is 9.72. The molecule has 2 aromatic heterocycles. The van der Waals surface area contributed by atoms with E-state index in [1.807, 2.05) is 0 Å². The van der Waals surface area contributed by atoms with Gasteiger partial charge in [0.25, 0.3) is 5.56 Å². The molecule has 5 N–H and O–H groups in total. The van der Waals surface area contributed by atoms with E-state index in [-0.39, 0.29) is 72.4 Å². The van der Waals surface area contributed by atoms with E-state index < -0.39 is 11.6 Å². The van der Waals surface area contributed by atoms with Crippen molar-refractivity contribution in [2.75, 3.05) is 13.1 Å². The lowest BCUT2D eigenvalue weighted by Gasteiger charge is -2.36. The highest BCUT2D eigenvalue weighted by molar-refractivity contribution is 5.94. The molecule has 3 aromatic rings. The summed E-state index contributed by atoms with van der Waals surface area (Å²) in [6, 6.07) is 2.68. The second kappa shape index (κ2) is 10.7. The van der Waals surface area contributed by atoms with Crippen LogP contribution in [-0.4, -0.2) is 45.5 Å². The van der Waals surface area contributed by atoms with Gasteiger partial charge in [0.1, 0.15) is 12.4 Å². The number of cyclic esters (lactones) is 1. The Morgan fingerprint density at radius 2 is 2.00 bits per heavy atom. The third-order valence-electron chi connectivity index (χ3n) is 10.4. The third kappa shape index (κ3) is 4.48. The molecule has 4 aliphatic rings. The lowest BCUT2D eigenvalue weighted by molar-refractivity contribution is -0.172. The molecule has 45 heavy (non-hydrogen) atoms. The molecule has 0 radical (unpaired) electrons. The predicted octanol–water partition coefficient (Wildman–Crippen LogP) is 2.12. The molecule has 2 aliphatic carbocycles. The number of rotatable bonds is 7. The average Bonchev–Trinajstić information content (AvgIpc) is 3.38. The second-order valence-corrected chi connectivity index (χ2v) is 12.8. The Morgan fingerprint density at radius 3 is 2.73 bits per heavy atom. The maximum Gasteiger partial charge on any atom is 0.343 e. The monoisotopic (exact) mass is 617 g/mol.